The van der Waals surface area contributed by atoms with Crippen molar-refractivity contribution in [3.05, 3.63) is 29.6 Å². The van der Waals surface area contributed by atoms with Gasteiger partial charge in [0.2, 0.25) is 5.82 Å². The fraction of sp³-hybridized carbons (Fsp3) is 0.222. The van der Waals surface area contributed by atoms with Crippen molar-refractivity contribution in [2.45, 2.75) is 12.4 Å². The highest BCUT2D eigenvalue weighted by Gasteiger charge is 2.38. The predicted molar refractivity (Wildman–Crippen MR) is 46.1 cm³/mol. The third kappa shape index (κ3) is 2.06. The van der Waals surface area contributed by atoms with Crippen LogP contribution in [0.4, 0.5) is 26.3 Å². The highest BCUT2D eigenvalue weighted by molar-refractivity contribution is 5.79. The number of rotatable bonds is 0. The van der Waals surface area contributed by atoms with E-state index in [1.165, 1.54) is 0 Å². The molecule has 0 aliphatic carbocycles. The summed E-state index contributed by atoms with van der Waals surface area (Å²) in [7, 11) is 0. The lowest BCUT2D eigenvalue weighted by Crippen LogP contribution is -2.08. The molecule has 1 aromatic carbocycles. The van der Waals surface area contributed by atoms with Gasteiger partial charge in [-0.1, -0.05) is 6.07 Å². The van der Waals surface area contributed by atoms with Crippen LogP contribution in [0.2, 0.25) is 0 Å². The molecule has 1 heterocycles. The van der Waals surface area contributed by atoms with Crippen LogP contribution >= 0.6 is 0 Å². The molecule has 2 nitrogen and oxygen atoms in total. The standard InChI is InChI=1S/C9H4F6N2/c10-8(11,12)4-2-1-3-5-6(4)17-7(16-5)9(13,14)15/h1-3H,(H,16,17). The number of aromatic nitrogens is 2. The second-order valence-corrected chi connectivity index (χ2v) is 3.28. The molecule has 0 aliphatic heterocycles. The molecular weight excluding hydrogens is 250 g/mol. The number of imidazole rings is 1. The van der Waals surface area contributed by atoms with Gasteiger partial charge in [-0.2, -0.15) is 26.3 Å². The van der Waals surface area contributed by atoms with Crippen molar-refractivity contribution in [3.63, 3.8) is 0 Å². The van der Waals surface area contributed by atoms with Crippen molar-refractivity contribution in [3.8, 4) is 0 Å². The Bertz CT molecular complexity index is 551. The Labute approximate surface area is 90.3 Å². The van der Waals surface area contributed by atoms with E-state index in [0.29, 0.717) is 6.07 Å². The lowest BCUT2D eigenvalue weighted by molar-refractivity contribution is -0.144. The first-order valence-corrected chi connectivity index (χ1v) is 4.33. The number of halogens is 6. The van der Waals surface area contributed by atoms with Crippen LogP contribution in [0.15, 0.2) is 18.2 Å². The molecular formula is C9H4F6N2. The molecule has 0 spiro atoms. The monoisotopic (exact) mass is 254 g/mol. The van der Waals surface area contributed by atoms with E-state index in [-0.39, 0.29) is 5.52 Å². The summed E-state index contributed by atoms with van der Waals surface area (Å²) in [5.41, 5.74) is -2.22. The third-order valence-electron chi connectivity index (χ3n) is 2.09. The Hall–Kier alpha value is -1.73. The summed E-state index contributed by atoms with van der Waals surface area (Å²) >= 11 is 0. The van der Waals surface area contributed by atoms with E-state index in [4.69, 9.17) is 0 Å². The molecule has 2 rings (SSSR count). The molecule has 0 unspecified atom stereocenters. The first-order chi connectivity index (χ1) is 7.69. The van der Waals surface area contributed by atoms with E-state index < -0.39 is 29.3 Å². The molecule has 1 aromatic heterocycles. The van der Waals surface area contributed by atoms with E-state index in [1.807, 2.05) is 4.98 Å². The number of para-hydroxylation sites is 1. The predicted octanol–water partition coefficient (Wildman–Crippen LogP) is 3.60. The smallest absolute Gasteiger partial charge is 0.334 e. The van der Waals surface area contributed by atoms with Gasteiger partial charge in [-0.05, 0) is 12.1 Å². The maximum absolute atomic E-state index is 12.5. The van der Waals surface area contributed by atoms with Crippen LogP contribution in [-0.2, 0) is 12.4 Å². The van der Waals surface area contributed by atoms with Crippen LogP contribution in [0.5, 0.6) is 0 Å². The number of nitrogens with zero attached hydrogens (tertiary/aromatic N) is 1. The topological polar surface area (TPSA) is 28.7 Å². The molecule has 8 heteroatoms. The normalized spacial score (nSPS) is 13.3. The molecule has 92 valence electrons. The minimum Gasteiger partial charge on any atom is -0.334 e. The third-order valence-corrected chi connectivity index (χ3v) is 2.09. The Balaban J connectivity index is 2.70. The molecule has 0 fully saturated rings. The summed E-state index contributed by atoms with van der Waals surface area (Å²) in [6.07, 6.45) is -9.54. The number of nitrogens with one attached hydrogen (secondary N) is 1. The SMILES string of the molecule is FC(F)(F)c1nc2c(C(F)(F)F)cccc2[nH]1. The van der Waals surface area contributed by atoms with Gasteiger partial charge in [0.05, 0.1) is 11.1 Å². The van der Waals surface area contributed by atoms with Gasteiger partial charge >= 0.3 is 12.4 Å². The Morgan fingerprint density at radius 1 is 0.941 bits per heavy atom. The van der Waals surface area contributed by atoms with Gasteiger partial charge in [0.25, 0.3) is 0 Å². The number of hydrogen-bond acceptors (Lipinski definition) is 1. The first kappa shape index (κ1) is 11.7. The van der Waals surface area contributed by atoms with E-state index in [0.717, 1.165) is 12.1 Å². The highest BCUT2D eigenvalue weighted by atomic mass is 19.4. The minimum absolute atomic E-state index is 0.299. The van der Waals surface area contributed by atoms with E-state index in [9.17, 15) is 26.3 Å². The van der Waals surface area contributed by atoms with Crippen LogP contribution in [0.25, 0.3) is 11.0 Å². The number of aromatic amines is 1. The van der Waals surface area contributed by atoms with E-state index >= 15 is 0 Å². The average molecular weight is 254 g/mol. The fourth-order valence-corrected chi connectivity index (χ4v) is 1.40. The van der Waals surface area contributed by atoms with Gasteiger partial charge in [0.15, 0.2) is 0 Å². The quantitative estimate of drug-likeness (QED) is 0.715. The zero-order valence-corrected chi connectivity index (χ0v) is 7.95. The van der Waals surface area contributed by atoms with Crippen LogP contribution in [-0.4, -0.2) is 9.97 Å². The van der Waals surface area contributed by atoms with Crippen LogP contribution < -0.4 is 0 Å². The summed E-state index contributed by atoms with van der Waals surface area (Å²) in [6, 6.07) is 2.81. The van der Waals surface area contributed by atoms with Crippen molar-refractivity contribution in [2.24, 2.45) is 0 Å². The van der Waals surface area contributed by atoms with Gasteiger partial charge in [-0.15, -0.1) is 0 Å². The van der Waals surface area contributed by atoms with Crippen molar-refractivity contribution in [1.29, 1.82) is 0 Å². The Morgan fingerprint density at radius 3 is 2.12 bits per heavy atom. The lowest BCUT2D eigenvalue weighted by Gasteiger charge is -2.06. The van der Waals surface area contributed by atoms with Gasteiger partial charge in [0, 0.05) is 0 Å². The second-order valence-electron chi connectivity index (χ2n) is 3.28. The van der Waals surface area contributed by atoms with Crippen molar-refractivity contribution in [1.82, 2.24) is 9.97 Å². The summed E-state index contributed by atoms with van der Waals surface area (Å²) in [5, 5.41) is 0. The molecule has 0 radical (unpaired) electrons. The molecule has 2 aromatic rings. The zero-order valence-electron chi connectivity index (χ0n) is 7.95. The second kappa shape index (κ2) is 3.38. The average Bonchev–Trinajstić information content (AvgIpc) is 2.57. The maximum Gasteiger partial charge on any atom is 0.449 e. The summed E-state index contributed by atoms with van der Waals surface area (Å²) in [4.78, 5) is 4.76. The van der Waals surface area contributed by atoms with Crippen molar-refractivity contribution >= 4 is 11.0 Å². The number of alkyl halides is 6. The molecule has 17 heavy (non-hydrogen) atoms. The lowest BCUT2D eigenvalue weighted by atomic mass is 10.2. The fourth-order valence-electron chi connectivity index (χ4n) is 1.40. The highest BCUT2D eigenvalue weighted by Crippen LogP contribution is 2.36. The van der Waals surface area contributed by atoms with Crippen LogP contribution in [0, 0.1) is 0 Å². The minimum atomic E-state index is -4.80. The largest absolute Gasteiger partial charge is 0.449 e. The van der Waals surface area contributed by atoms with Gasteiger partial charge in [-0.3, -0.25) is 0 Å². The van der Waals surface area contributed by atoms with E-state index in [2.05, 4.69) is 4.98 Å². The Kier molecular flexibility index (Phi) is 2.33. The van der Waals surface area contributed by atoms with E-state index in [1.54, 1.807) is 0 Å². The molecule has 1 N–H and O–H groups in total. The Morgan fingerprint density at radius 2 is 1.59 bits per heavy atom. The summed E-state index contributed by atoms with van der Waals surface area (Å²) < 4.78 is 74.3. The molecule has 0 atom stereocenters. The summed E-state index contributed by atoms with van der Waals surface area (Å²) in [5.74, 6) is -1.44. The number of fused-ring (bicyclic) bond motifs is 1. The molecule has 0 bridgehead atoms. The van der Waals surface area contributed by atoms with Crippen LogP contribution in [0.3, 0.4) is 0 Å². The van der Waals surface area contributed by atoms with Crippen molar-refractivity contribution < 1.29 is 26.3 Å². The van der Waals surface area contributed by atoms with Crippen LogP contribution in [0.1, 0.15) is 11.4 Å². The van der Waals surface area contributed by atoms with Gasteiger partial charge in [-0.25, -0.2) is 4.98 Å². The number of H-pyrrole nitrogens is 1. The molecule has 0 saturated carbocycles. The number of hydrogen-bond donors (Lipinski definition) is 1. The number of benzene rings is 1. The first-order valence-electron chi connectivity index (χ1n) is 4.33. The molecule has 0 saturated heterocycles. The molecule has 0 aliphatic rings. The maximum atomic E-state index is 12.5. The van der Waals surface area contributed by atoms with Gasteiger partial charge < -0.3 is 4.98 Å². The van der Waals surface area contributed by atoms with Gasteiger partial charge in [0.1, 0.15) is 5.52 Å². The zero-order chi connectivity index (χ0) is 12.8. The van der Waals surface area contributed by atoms with Crippen molar-refractivity contribution in [2.75, 3.05) is 0 Å². The summed E-state index contributed by atoms with van der Waals surface area (Å²) in [6.45, 7) is 0. The molecule has 0 amide bonds.